The number of fused-ring (bicyclic) bond motifs is 3. The molecule has 0 radical (unpaired) electrons. The van der Waals surface area contributed by atoms with E-state index in [9.17, 15) is 5.11 Å². The van der Waals surface area contributed by atoms with Gasteiger partial charge in [0.05, 0.1) is 0 Å². The molecule has 0 aromatic heterocycles. The zero-order chi connectivity index (χ0) is 15.1. The summed E-state index contributed by atoms with van der Waals surface area (Å²) >= 11 is 5.50. The fourth-order valence-corrected chi connectivity index (χ4v) is 4.41. The van der Waals surface area contributed by atoms with E-state index in [4.69, 9.17) is 12.2 Å². The number of hydrogen-bond acceptors (Lipinski definition) is 2. The predicted molar refractivity (Wildman–Crippen MR) is 94.2 cm³/mol. The summed E-state index contributed by atoms with van der Waals surface area (Å²) in [7, 11) is 0. The number of benzene rings is 2. The maximum absolute atomic E-state index is 9.95. The molecule has 0 unspecified atom stereocenters. The molecule has 22 heavy (non-hydrogen) atoms. The minimum atomic E-state index is 0.299. The molecule has 4 rings (SSSR count). The number of aromatic hydroxyl groups is 1. The van der Waals surface area contributed by atoms with E-state index in [2.05, 4.69) is 10.6 Å². The average Bonchev–Trinajstić information content (AvgIpc) is 3.11. The molecule has 4 heteroatoms. The fraction of sp³-hybridized carbons (Fsp3) is 0.389. The van der Waals surface area contributed by atoms with Crippen LogP contribution in [-0.2, 0) is 0 Å². The number of anilines is 1. The molecule has 3 atom stereocenters. The van der Waals surface area contributed by atoms with Crippen LogP contribution in [-0.4, -0.2) is 16.3 Å². The highest BCUT2D eigenvalue weighted by molar-refractivity contribution is 7.80. The Morgan fingerprint density at radius 1 is 1.05 bits per heavy atom. The molecule has 0 spiro atoms. The first kappa shape index (κ1) is 13.8. The van der Waals surface area contributed by atoms with Gasteiger partial charge in [-0.1, -0.05) is 30.7 Å². The summed E-state index contributed by atoms with van der Waals surface area (Å²) < 4.78 is 0. The van der Waals surface area contributed by atoms with Crippen molar-refractivity contribution >= 4 is 33.8 Å². The maximum atomic E-state index is 9.95. The van der Waals surface area contributed by atoms with Gasteiger partial charge in [-0.2, -0.15) is 0 Å². The van der Waals surface area contributed by atoms with Crippen molar-refractivity contribution in [2.75, 3.05) is 5.32 Å². The van der Waals surface area contributed by atoms with Crippen LogP contribution in [0.15, 0.2) is 36.4 Å². The van der Waals surface area contributed by atoms with Gasteiger partial charge in [-0.15, -0.1) is 0 Å². The van der Waals surface area contributed by atoms with Crippen molar-refractivity contribution in [3.8, 4) is 5.75 Å². The lowest BCUT2D eigenvalue weighted by Crippen LogP contribution is -2.40. The third-order valence-corrected chi connectivity index (χ3v) is 5.42. The molecule has 2 aliphatic rings. The Morgan fingerprint density at radius 2 is 1.86 bits per heavy atom. The number of thiocarbonyl (C=S) groups is 1. The third-order valence-electron chi connectivity index (χ3n) is 5.20. The van der Waals surface area contributed by atoms with E-state index in [0.717, 1.165) is 28.3 Å². The van der Waals surface area contributed by atoms with Crippen LogP contribution >= 0.6 is 12.2 Å². The highest BCUT2D eigenvalue weighted by atomic mass is 32.1. The first-order chi connectivity index (χ1) is 10.7. The molecule has 114 valence electrons. The largest absolute Gasteiger partial charge is 0.507 e. The molecule has 2 aromatic rings. The third kappa shape index (κ3) is 2.41. The predicted octanol–water partition coefficient (Wildman–Crippen LogP) is 4.02. The lowest BCUT2D eigenvalue weighted by molar-refractivity contribution is 0.392. The van der Waals surface area contributed by atoms with Gasteiger partial charge in [0, 0.05) is 22.5 Å². The lowest BCUT2D eigenvalue weighted by atomic mass is 9.95. The second-order valence-corrected chi connectivity index (χ2v) is 6.97. The number of phenols is 1. The molecular formula is C18H20N2OS. The molecule has 0 aliphatic heterocycles. The van der Waals surface area contributed by atoms with E-state index in [-0.39, 0.29) is 0 Å². The molecule has 3 N–H and O–H groups in total. The van der Waals surface area contributed by atoms with Gasteiger partial charge in [-0.3, -0.25) is 0 Å². The van der Waals surface area contributed by atoms with Gasteiger partial charge in [-0.05, 0) is 55.4 Å². The first-order valence-corrected chi connectivity index (χ1v) is 8.40. The van der Waals surface area contributed by atoms with Gasteiger partial charge in [0.1, 0.15) is 5.75 Å². The van der Waals surface area contributed by atoms with Crippen molar-refractivity contribution in [3.05, 3.63) is 36.4 Å². The topological polar surface area (TPSA) is 44.3 Å². The molecule has 2 fully saturated rings. The zero-order valence-electron chi connectivity index (χ0n) is 12.4. The molecule has 0 heterocycles. The van der Waals surface area contributed by atoms with Crippen LogP contribution in [0.25, 0.3) is 10.8 Å². The number of phenolic OH excluding ortho intramolecular Hbond substituents is 1. The highest BCUT2D eigenvalue weighted by Gasteiger charge is 2.39. The van der Waals surface area contributed by atoms with E-state index >= 15 is 0 Å². The van der Waals surface area contributed by atoms with Crippen LogP contribution < -0.4 is 10.6 Å². The van der Waals surface area contributed by atoms with E-state index in [1.807, 2.05) is 30.3 Å². The Hall–Kier alpha value is -1.81. The van der Waals surface area contributed by atoms with Crippen molar-refractivity contribution in [2.45, 2.75) is 31.7 Å². The summed E-state index contributed by atoms with van der Waals surface area (Å²) in [6, 6.07) is 11.9. The van der Waals surface area contributed by atoms with Gasteiger partial charge < -0.3 is 15.7 Å². The average molecular weight is 312 g/mol. The van der Waals surface area contributed by atoms with Crippen LogP contribution in [0, 0.1) is 11.8 Å². The minimum absolute atomic E-state index is 0.299. The molecule has 2 saturated carbocycles. The number of rotatable bonds is 2. The van der Waals surface area contributed by atoms with Gasteiger partial charge in [0.25, 0.3) is 0 Å². The monoisotopic (exact) mass is 312 g/mol. The Balaban J connectivity index is 1.51. The van der Waals surface area contributed by atoms with E-state index in [1.54, 1.807) is 6.07 Å². The van der Waals surface area contributed by atoms with Crippen LogP contribution in [0.5, 0.6) is 5.75 Å². The quantitative estimate of drug-likeness (QED) is 0.733. The second kappa shape index (κ2) is 5.43. The lowest BCUT2D eigenvalue weighted by Gasteiger charge is -2.24. The summed E-state index contributed by atoms with van der Waals surface area (Å²) in [5, 5.41) is 19.3. The standard InChI is InChI=1S/C18H20N2OS/c21-17-6-2-3-13-14(17)4-1-5-15(13)19-18(22)20-16-10-11-7-8-12(16)9-11/h1-6,11-12,16,21H,7-10H2,(H2,19,20,22)/t11-,12-,16-/m0/s1. The molecule has 0 amide bonds. The Morgan fingerprint density at radius 3 is 2.64 bits per heavy atom. The smallest absolute Gasteiger partial charge is 0.171 e. The summed E-state index contributed by atoms with van der Waals surface area (Å²) in [5.41, 5.74) is 0.939. The SMILES string of the molecule is Oc1cccc2c(NC(=S)N[C@H]3C[C@H]4CC[C@H]3C4)cccc12. The summed E-state index contributed by atoms with van der Waals surface area (Å²) in [5.74, 6) is 1.99. The fourth-order valence-electron chi connectivity index (χ4n) is 4.15. The molecule has 3 nitrogen and oxygen atoms in total. The molecule has 0 saturated heterocycles. The second-order valence-electron chi connectivity index (χ2n) is 6.56. The van der Waals surface area contributed by atoms with E-state index in [1.165, 1.54) is 25.7 Å². The molecular weight excluding hydrogens is 292 g/mol. The Labute approximate surface area is 135 Å². The van der Waals surface area contributed by atoms with Crippen LogP contribution in [0.1, 0.15) is 25.7 Å². The number of nitrogens with one attached hydrogen (secondary N) is 2. The van der Waals surface area contributed by atoms with E-state index < -0.39 is 0 Å². The van der Waals surface area contributed by atoms with Gasteiger partial charge in [0.2, 0.25) is 0 Å². The van der Waals surface area contributed by atoms with Crippen molar-refractivity contribution < 1.29 is 5.11 Å². The summed E-state index contributed by atoms with van der Waals surface area (Å²) in [6.07, 6.45) is 5.35. The Bertz CT molecular complexity index is 730. The van der Waals surface area contributed by atoms with Crippen LogP contribution in [0.4, 0.5) is 5.69 Å². The molecule has 2 bridgehead atoms. The normalized spacial score (nSPS) is 26.3. The number of hydrogen-bond donors (Lipinski definition) is 3. The van der Waals surface area contributed by atoms with E-state index in [0.29, 0.717) is 16.9 Å². The van der Waals surface area contributed by atoms with Crippen molar-refractivity contribution in [1.29, 1.82) is 0 Å². The van der Waals surface area contributed by atoms with Gasteiger partial charge >= 0.3 is 0 Å². The van der Waals surface area contributed by atoms with Crippen molar-refractivity contribution in [3.63, 3.8) is 0 Å². The molecule has 2 aliphatic carbocycles. The van der Waals surface area contributed by atoms with Gasteiger partial charge in [-0.25, -0.2) is 0 Å². The van der Waals surface area contributed by atoms with Crippen molar-refractivity contribution in [1.82, 2.24) is 5.32 Å². The van der Waals surface area contributed by atoms with Crippen LogP contribution in [0.2, 0.25) is 0 Å². The minimum Gasteiger partial charge on any atom is -0.507 e. The summed E-state index contributed by atoms with van der Waals surface area (Å²) in [6.45, 7) is 0. The molecule has 2 aromatic carbocycles. The Kier molecular flexibility index (Phi) is 3.41. The first-order valence-electron chi connectivity index (χ1n) is 7.99. The highest BCUT2D eigenvalue weighted by Crippen LogP contribution is 2.44. The van der Waals surface area contributed by atoms with Gasteiger partial charge in [0.15, 0.2) is 5.11 Å². The van der Waals surface area contributed by atoms with Crippen molar-refractivity contribution in [2.24, 2.45) is 11.8 Å². The van der Waals surface area contributed by atoms with Crippen LogP contribution in [0.3, 0.4) is 0 Å². The maximum Gasteiger partial charge on any atom is 0.171 e. The zero-order valence-corrected chi connectivity index (χ0v) is 13.2. The summed E-state index contributed by atoms with van der Waals surface area (Å²) in [4.78, 5) is 0.